The van der Waals surface area contributed by atoms with Crippen molar-refractivity contribution in [1.82, 2.24) is 0 Å². The van der Waals surface area contributed by atoms with Gasteiger partial charge >= 0.3 is 29.8 Å². The number of hydrogen-bond donors (Lipinski definition) is 2. The molecule has 42 heavy (non-hydrogen) atoms. The number of benzene rings is 2. The fourth-order valence-electron chi connectivity index (χ4n) is 3.51. The highest BCUT2D eigenvalue weighted by atomic mass is 16.5. The predicted octanol–water partition coefficient (Wildman–Crippen LogP) is 5.26. The maximum atomic E-state index is 12.1. The highest BCUT2D eigenvalue weighted by molar-refractivity contribution is 6.05. The van der Waals surface area contributed by atoms with Gasteiger partial charge in [-0.3, -0.25) is 0 Å². The van der Waals surface area contributed by atoms with Crippen molar-refractivity contribution in [2.24, 2.45) is 0 Å². The normalized spacial score (nSPS) is 9.62. The van der Waals surface area contributed by atoms with Gasteiger partial charge in [0, 0.05) is 0 Å². The van der Waals surface area contributed by atoms with E-state index in [0.29, 0.717) is 24.0 Å². The number of carboxylic acid groups (broad SMARTS) is 2. The summed E-state index contributed by atoms with van der Waals surface area (Å²) in [6.45, 7) is 17.4. The molecule has 0 fully saturated rings. The summed E-state index contributed by atoms with van der Waals surface area (Å²) in [4.78, 5) is 58.3. The molecule has 0 aliphatic heterocycles. The number of hydrogen-bond acceptors (Lipinski definition) is 8. The van der Waals surface area contributed by atoms with Gasteiger partial charge in [0.15, 0.2) is 0 Å². The Morgan fingerprint density at radius 2 is 0.929 bits per heavy atom. The zero-order valence-electron chi connectivity index (χ0n) is 23.0. The summed E-state index contributed by atoms with van der Waals surface area (Å²) >= 11 is 0. The van der Waals surface area contributed by atoms with E-state index in [9.17, 15) is 24.0 Å². The van der Waals surface area contributed by atoms with E-state index in [2.05, 4.69) is 32.9 Å². The minimum absolute atomic E-state index is 0.0108. The summed E-state index contributed by atoms with van der Waals surface area (Å²) in [5, 5.41) is 18.2. The molecule has 0 heterocycles. The third-order valence-corrected chi connectivity index (χ3v) is 5.28. The van der Waals surface area contributed by atoms with Gasteiger partial charge in [-0.25, -0.2) is 24.0 Å². The highest BCUT2D eigenvalue weighted by Crippen LogP contribution is 2.22. The second-order valence-electron chi connectivity index (χ2n) is 8.14. The number of ether oxygens (including phenoxy) is 3. The monoisotopic (exact) mass is 576 g/mol. The molecule has 2 aromatic rings. The Labute approximate surface area is 243 Å². The molecule has 0 amide bonds. The van der Waals surface area contributed by atoms with Crippen molar-refractivity contribution in [3.05, 3.63) is 133 Å². The summed E-state index contributed by atoms with van der Waals surface area (Å²) in [6.07, 6.45) is 7.93. The van der Waals surface area contributed by atoms with Gasteiger partial charge in [-0.2, -0.15) is 0 Å². The average molecular weight is 577 g/mol. The van der Waals surface area contributed by atoms with Gasteiger partial charge in [-0.05, 0) is 54.3 Å². The predicted molar refractivity (Wildman–Crippen MR) is 156 cm³/mol. The molecule has 2 aromatic carbocycles. The quantitative estimate of drug-likeness (QED) is 0.163. The number of carbonyl (C=O) groups excluding carboxylic acids is 3. The number of allylic oxidation sites excluding steroid dienone is 2. The summed E-state index contributed by atoms with van der Waals surface area (Å²) in [7, 11) is 0. The fraction of sp³-hybridized carbons (Fsp3) is 0.156. The first-order valence-corrected chi connectivity index (χ1v) is 12.4. The van der Waals surface area contributed by atoms with E-state index in [4.69, 9.17) is 24.4 Å². The number of esters is 3. The van der Waals surface area contributed by atoms with Crippen LogP contribution in [0.3, 0.4) is 0 Å². The minimum atomic E-state index is -1.07. The van der Waals surface area contributed by atoms with Crippen molar-refractivity contribution in [3.63, 3.8) is 0 Å². The molecular formula is C32H32O10. The van der Waals surface area contributed by atoms with Crippen LogP contribution in [-0.4, -0.2) is 59.9 Å². The van der Waals surface area contributed by atoms with Crippen molar-refractivity contribution < 1.29 is 48.4 Å². The van der Waals surface area contributed by atoms with E-state index < -0.39 is 29.8 Å². The lowest BCUT2D eigenvalue weighted by Crippen LogP contribution is -2.16. The van der Waals surface area contributed by atoms with Gasteiger partial charge in [-0.1, -0.05) is 50.1 Å². The zero-order chi connectivity index (χ0) is 31.7. The van der Waals surface area contributed by atoms with Crippen LogP contribution in [-0.2, 0) is 27.1 Å². The summed E-state index contributed by atoms with van der Waals surface area (Å²) in [5.41, 5.74) is 1.16. The molecule has 0 bridgehead atoms. The zero-order valence-corrected chi connectivity index (χ0v) is 23.0. The van der Waals surface area contributed by atoms with Crippen LogP contribution >= 0.6 is 0 Å². The second kappa shape index (κ2) is 18.0. The molecule has 10 heteroatoms. The maximum Gasteiger partial charge on any atom is 0.339 e. The molecule has 0 aliphatic carbocycles. The van der Waals surface area contributed by atoms with E-state index in [1.165, 1.54) is 48.6 Å². The Morgan fingerprint density at radius 3 is 1.31 bits per heavy atom. The van der Waals surface area contributed by atoms with E-state index in [1.807, 2.05) is 0 Å². The number of rotatable bonds is 15. The first-order chi connectivity index (χ1) is 20.1. The lowest BCUT2D eigenvalue weighted by molar-refractivity contribution is 0.0500. The van der Waals surface area contributed by atoms with Crippen LogP contribution in [0.15, 0.2) is 93.6 Å². The molecular weight excluding hydrogens is 544 g/mol. The van der Waals surface area contributed by atoms with Crippen LogP contribution in [0.2, 0.25) is 0 Å². The molecule has 0 saturated carbocycles. The largest absolute Gasteiger partial charge is 0.478 e. The first-order valence-electron chi connectivity index (χ1n) is 12.4. The Hall–Kier alpha value is -5.51. The summed E-state index contributed by atoms with van der Waals surface area (Å²) < 4.78 is 14.8. The smallest absolute Gasteiger partial charge is 0.339 e. The van der Waals surface area contributed by atoms with Crippen molar-refractivity contribution in [2.75, 3.05) is 19.8 Å². The van der Waals surface area contributed by atoms with Crippen LogP contribution in [0.1, 0.15) is 62.9 Å². The van der Waals surface area contributed by atoms with E-state index in [0.717, 1.165) is 0 Å². The number of carboxylic acids is 2. The van der Waals surface area contributed by atoms with E-state index in [1.54, 1.807) is 12.2 Å². The Morgan fingerprint density at radius 1 is 0.548 bits per heavy atom. The van der Waals surface area contributed by atoms with Crippen LogP contribution in [0.4, 0.5) is 0 Å². The van der Waals surface area contributed by atoms with Gasteiger partial charge in [0.25, 0.3) is 0 Å². The molecule has 0 unspecified atom stereocenters. The van der Waals surface area contributed by atoms with Gasteiger partial charge in [0.05, 0.1) is 27.8 Å². The second-order valence-corrected chi connectivity index (χ2v) is 8.14. The Kier molecular flexibility index (Phi) is 14.8. The molecule has 220 valence electrons. The van der Waals surface area contributed by atoms with Gasteiger partial charge < -0.3 is 24.4 Å². The third kappa shape index (κ3) is 9.91. The summed E-state index contributed by atoms with van der Waals surface area (Å²) in [5.74, 6) is -4.31. The molecule has 0 saturated heterocycles. The van der Waals surface area contributed by atoms with Gasteiger partial charge in [0.2, 0.25) is 0 Å². The molecule has 0 atom stereocenters. The number of aromatic carboxylic acids is 2. The van der Waals surface area contributed by atoms with Crippen molar-refractivity contribution >= 4 is 29.8 Å². The molecule has 0 aromatic heterocycles. The maximum absolute atomic E-state index is 12.1. The molecule has 2 rings (SSSR count). The first kappa shape index (κ1) is 34.5. The van der Waals surface area contributed by atoms with E-state index in [-0.39, 0.29) is 47.6 Å². The SMILES string of the molecule is C=CCOC(=O)c1ccc(C(=O)OCC=C)c(C(=O)OCC=C)c1.C=CCc1c(C(=O)O)ccc(C(=O)O)c1CC=C. The number of carbonyl (C=O) groups is 5. The third-order valence-electron chi connectivity index (χ3n) is 5.28. The molecule has 0 aliphatic rings. The summed E-state index contributed by atoms with van der Waals surface area (Å²) in [6, 6.07) is 6.52. The lowest BCUT2D eigenvalue weighted by atomic mass is 9.91. The van der Waals surface area contributed by atoms with Crippen LogP contribution in [0.25, 0.3) is 0 Å². The lowest BCUT2D eigenvalue weighted by Gasteiger charge is -2.13. The van der Waals surface area contributed by atoms with Crippen molar-refractivity contribution in [3.8, 4) is 0 Å². The molecule has 10 nitrogen and oxygen atoms in total. The minimum Gasteiger partial charge on any atom is -0.478 e. The van der Waals surface area contributed by atoms with Gasteiger partial charge in [0.1, 0.15) is 19.8 Å². The standard InChI is InChI=1S/C18H18O6.C14H14O4/c1-4-9-22-16(19)13-7-8-14(17(20)23-10-5-2)15(12-13)18(21)24-11-6-3;1-3-5-9-10(6-4-2)12(14(17)18)8-7-11(9)13(15)16/h4-8,12H,1-3,9-11H2;3-4,7-8H,1-2,5-6H2,(H,15,16)(H,17,18). The molecule has 0 spiro atoms. The Balaban J connectivity index is 0.000000437. The molecule has 0 radical (unpaired) electrons. The van der Waals surface area contributed by atoms with Crippen molar-refractivity contribution in [2.45, 2.75) is 12.8 Å². The highest BCUT2D eigenvalue weighted by Gasteiger charge is 2.22. The average Bonchev–Trinajstić information content (AvgIpc) is 2.97. The molecule has 2 N–H and O–H groups in total. The van der Waals surface area contributed by atoms with Crippen LogP contribution in [0, 0.1) is 0 Å². The Bertz CT molecular complexity index is 1340. The van der Waals surface area contributed by atoms with Crippen LogP contribution in [0.5, 0.6) is 0 Å². The topological polar surface area (TPSA) is 154 Å². The van der Waals surface area contributed by atoms with Crippen molar-refractivity contribution in [1.29, 1.82) is 0 Å². The van der Waals surface area contributed by atoms with Crippen LogP contribution < -0.4 is 0 Å². The fourth-order valence-corrected chi connectivity index (χ4v) is 3.51. The van der Waals surface area contributed by atoms with E-state index >= 15 is 0 Å². The van der Waals surface area contributed by atoms with Gasteiger partial charge in [-0.15, -0.1) is 13.2 Å².